The summed E-state index contributed by atoms with van der Waals surface area (Å²) in [4.78, 5) is 48.6. The van der Waals surface area contributed by atoms with E-state index in [1.165, 1.54) is 4.52 Å². The van der Waals surface area contributed by atoms with Crippen LogP contribution in [0.1, 0.15) is 58.1 Å². The van der Waals surface area contributed by atoms with Crippen molar-refractivity contribution >= 4 is 46.3 Å². The minimum Gasteiger partial charge on any atom is -0.444 e. The van der Waals surface area contributed by atoms with Gasteiger partial charge in [-0.3, -0.25) is 9.59 Å². The molecule has 2 amide bonds. The number of amides is 2. The first-order chi connectivity index (χ1) is 22.1. The third kappa shape index (κ3) is 7.40. The van der Waals surface area contributed by atoms with E-state index in [0.717, 1.165) is 23.8 Å². The number of hydrogen-bond acceptors (Lipinski definition) is 8. The Morgan fingerprint density at radius 2 is 1.94 bits per heavy atom. The van der Waals surface area contributed by atoms with E-state index in [1.54, 1.807) is 30.2 Å². The van der Waals surface area contributed by atoms with Gasteiger partial charge in [-0.25, -0.2) is 4.79 Å². The van der Waals surface area contributed by atoms with Crippen LogP contribution >= 0.6 is 11.6 Å². The smallest absolute Gasteiger partial charge is 0.416 e. The number of ether oxygens (including phenoxy) is 2. The van der Waals surface area contributed by atoms with Gasteiger partial charge in [-0.15, -0.1) is 5.10 Å². The van der Waals surface area contributed by atoms with Crippen molar-refractivity contribution in [2.75, 3.05) is 43.1 Å². The molecule has 0 bridgehead atoms. The summed E-state index contributed by atoms with van der Waals surface area (Å²) >= 11 is 6.11. The van der Waals surface area contributed by atoms with E-state index < -0.39 is 34.9 Å². The first kappa shape index (κ1) is 34.2. The van der Waals surface area contributed by atoms with Crippen molar-refractivity contribution in [3.63, 3.8) is 0 Å². The van der Waals surface area contributed by atoms with Gasteiger partial charge < -0.3 is 29.2 Å². The van der Waals surface area contributed by atoms with Gasteiger partial charge in [0.05, 0.1) is 35.2 Å². The quantitative estimate of drug-likeness (QED) is 0.386. The van der Waals surface area contributed by atoms with Gasteiger partial charge in [-0.05, 0) is 64.3 Å². The zero-order valence-electron chi connectivity index (χ0n) is 26.8. The van der Waals surface area contributed by atoms with Crippen LogP contribution in [0.3, 0.4) is 0 Å². The number of piperazine rings is 1. The molecule has 2 aliphatic rings. The van der Waals surface area contributed by atoms with Gasteiger partial charge in [-0.2, -0.15) is 22.7 Å². The molecule has 1 saturated heterocycles. The number of hydrogen-bond donors (Lipinski definition) is 1. The summed E-state index contributed by atoms with van der Waals surface area (Å²) in [6.07, 6.45) is -2.34. The van der Waals surface area contributed by atoms with E-state index in [-0.39, 0.29) is 35.6 Å². The number of alkyl halides is 3. The van der Waals surface area contributed by atoms with E-state index in [4.69, 9.17) is 21.1 Å². The van der Waals surface area contributed by atoms with Gasteiger partial charge in [0.2, 0.25) is 11.7 Å². The number of benzene rings is 1. The Bertz CT molecular complexity index is 1780. The van der Waals surface area contributed by atoms with Crippen LogP contribution in [0.15, 0.2) is 29.1 Å². The molecule has 4 heterocycles. The highest BCUT2D eigenvalue weighted by Crippen LogP contribution is 2.34. The Kier molecular flexibility index (Phi) is 9.60. The van der Waals surface area contributed by atoms with Gasteiger partial charge in [-0.1, -0.05) is 24.6 Å². The monoisotopic (exact) mass is 679 g/mol. The summed E-state index contributed by atoms with van der Waals surface area (Å²) in [6.45, 7) is 10.5. The summed E-state index contributed by atoms with van der Waals surface area (Å²) in [6, 6.07) is 2.37. The van der Waals surface area contributed by atoms with Crippen LogP contribution in [0.5, 0.6) is 0 Å². The summed E-state index contributed by atoms with van der Waals surface area (Å²) in [7, 11) is 0. The zero-order valence-corrected chi connectivity index (χ0v) is 27.5. The lowest BCUT2D eigenvalue weighted by Gasteiger charge is -2.41. The topological polar surface area (TPSA) is 123 Å². The average Bonchev–Trinajstić information content (AvgIpc) is 3.45. The largest absolute Gasteiger partial charge is 0.444 e. The lowest BCUT2D eigenvalue weighted by atomic mass is 10.1. The fraction of sp³-hybridized carbons (Fsp3) is 0.516. The lowest BCUT2D eigenvalue weighted by Crippen LogP contribution is -2.56. The highest BCUT2D eigenvalue weighted by Gasteiger charge is 2.34. The second kappa shape index (κ2) is 13.2. The van der Waals surface area contributed by atoms with Gasteiger partial charge in [0.15, 0.2) is 5.82 Å². The molecule has 1 atom stereocenters. The number of aromatic nitrogens is 4. The molecule has 1 unspecified atom stereocenters. The Morgan fingerprint density at radius 3 is 2.53 bits per heavy atom. The van der Waals surface area contributed by atoms with Crippen molar-refractivity contribution < 1.29 is 32.2 Å². The maximum Gasteiger partial charge on any atom is 0.416 e. The molecule has 2 aliphatic heterocycles. The number of nitrogens with zero attached hydrogens (tertiary/aromatic N) is 6. The van der Waals surface area contributed by atoms with Crippen LogP contribution < -0.4 is 15.8 Å². The second-order valence-electron chi connectivity index (χ2n) is 12.5. The van der Waals surface area contributed by atoms with Crippen molar-refractivity contribution in [3.05, 3.63) is 56.7 Å². The molecular weight excluding hydrogens is 643 g/mol. The summed E-state index contributed by atoms with van der Waals surface area (Å²) in [5.74, 6) is -0.144. The maximum atomic E-state index is 14.2. The summed E-state index contributed by atoms with van der Waals surface area (Å²) < 4.78 is 53.2. The first-order valence-electron chi connectivity index (χ1n) is 15.3. The number of halogens is 4. The Balaban J connectivity index is 1.54. The van der Waals surface area contributed by atoms with Crippen LogP contribution in [0.25, 0.3) is 11.4 Å². The molecule has 47 heavy (non-hydrogen) atoms. The predicted molar refractivity (Wildman–Crippen MR) is 170 cm³/mol. The number of anilines is 2. The Hall–Kier alpha value is -4.11. The molecule has 0 saturated carbocycles. The van der Waals surface area contributed by atoms with Gasteiger partial charge >= 0.3 is 12.3 Å². The van der Waals surface area contributed by atoms with Gasteiger partial charge in [0, 0.05) is 25.7 Å². The number of carbonyl (C=O) groups is 2. The second-order valence-corrected chi connectivity index (χ2v) is 12.9. The van der Waals surface area contributed by atoms with Crippen molar-refractivity contribution in [1.29, 1.82) is 0 Å². The zero-order chi connectivity index (χ0) is 34.3. The SMILES string of the molecule is CCc1c(N2CCN(C(=O)OC(C)(C)C)CC2C)c(=O)n2nc(C3=CCOCC3)nc2n1CC(=O)Nc1ccc(C(F)(F)F)cc1Cl. The van der Waals surface area contributed by atoms with E-state index in [9.17, 15) is 27.6 Å². The highest BCUT2D eigenvalue weighted by molar-refractivity contribution is 6.33. The highest BCUT2D eigenvalue weighted by atomic mass is 35.5. The average molecular weight is 680 g/mol. The molecule has 1 N–H and O–H groups in total. The molecule has 0 spiro atoms. The molecule has 1 aromatic carbocycles. The fourth-order valence-corrected chi connectivity index (χ4v) is 5.90. The Morgan fingerprint density at radius 1 is 1.19 bits per heavy atom. The predicted octanol–water partition coefficient (Wildman–Crippen LogP) is 5.01. The van der Waals surface area contributed by atoms with Crippen LogP contribution in [0.2, 0.25) is 5.02 Å². The van der Waals surface area contributed by atoms with Crippen molar-refractivity contribution in [2.45, 2.75) is 71.8 Å². The molecular formula is C31H37ClF3N7O5. The molecule has 0 aliphatic carbocycles. The Labute approximate surface area is 274 Å². The van der Waals surface area contributed by atoms with Crippen LogP contribution in [0, 0.1) is 0 Å². The molecule has 0 radical (unpaired) electrons. The number of rotatable bonds is 6. The maximum absolute atomic E-state index is 14.2. The minimum atomic E-state index is -4.60. The summed E-state index contributed by atoms with van der Waals surface area (Å²) in [5, 5.41) is 6.87. The molecule has 1 fully saturated rings. The minimum absolute atomic E-state index is 0.00130. The molecule has 2 aromatic heterocycles. The molecule has 5 rings (SSSR count). The van der Waals surface area contributed by atoms with Crippen LogP contribution in [-0.2, 0) is 33.4 Å². The molecule has 12 nitrogen and oxygen atoms in total. The first-order valence-corrected chi connectivity index (χ1v) is 15.7. The number of nitrogens with one attached hydrogen (secondary N) is 1. The van der Waals surface area contributed by atoms with Crippen molar-refractivity contribution in [3.8, 4) is 0 Å². The standard InChI is InChI=1S/C31H37ClF3N7O5/c1-6-23-25(40-12-11-39(16-18(40)2)29(45)47-30(3,4)5)27(44)42-28(37-26(38-42)19-9-13-46-14-10-19)41(23)17-24(43)36-22-8-7-20(15-21(22)32)31(33,34)35/h7-9,15,18H,6,10-14,16-17H2,1-5H3,(H,36,43). The van der Waals surface area contributed by atoms with E-state index in [0.29, 0.717) is 56.4 Å². The van der Waals surface area contributed by atoms with Crippen LogP contribution in [0.4, 0.5) is 29.3 Å². The number of fused-ring (bicyclic) bond motifs is 1. The lowest BCUT2D eigenvalue weighted by molar-refractivity contribution is -0.137. The van der Waals surface area contributed by atoms with E-state index in [1.807, 2.05) is 24.8 Å². The third-order valence-electron chi connectivity index (χ3n) is 7.85. The summed E-state index contributed by atoms with van der Waals surface area (Å²) in [5.41, 5.74) is -0.417. The molecule has 3 aromatic rings. The van der Waals surface area contributed by atoms with Crippen molar-refractivity contribution in [2.24, 2.45) is 0 Å². The van der Waals surface area contributed by atoms with Crippen molar-refractivity contribution in [1.82, 2.24) is 24.1 Å². The normalized spacial score (nSPS) is 17.6. The van der Waals surface area contributed by atoms with E-state index in [2.05, 4.69) is 15.4 Å². The third-order valence-corrected chi connectivity index (χ3v) is 8.16. The molecule has 16 heteroatoms. The van der Waals surface area contributed by atoms with Crippen LogP contribution in [-0.4, -0.2) is 80.6 Å². The molecule has 254 valence electrons. The van der Waals surface area contributed by atoms with E-state index >= 15 is 0 Å². The fourth-order valence-electron chi connectivity index (χ4n) is 5.67. The van der Waals surface area contributed by atoms with Gasteiger partial charge in [0.1, 0.15) is 17.8 Å². The number of carbonyl (C=O) groups excluding carboxylic acids is 2. The van der Waals surface area contributed by atoms with Gasteiger partial charge in [0.25, 0.3) is 5.56 Å².